The molecule has 2 nitrogen and oxygen atoms in total. The summed E-state index contributed by atoms with van der Waals surface area (Å²) < 4.78 is 29.7. The van der Waals surface area contributed by atoms with Crippen LogP contribution in [0.2, 0.25) is 0 Å². The number of rotatable bonds is 11. The summed E-state index contributed by atoms with van der Waals surface area (Å²) >= 11 is 0. The van der Waals surface area contributed by atoms with E-state index in [0.717, 1.165) is 45.1 Å². The van der Waals surface area contributed by atoms with Gasteiger partial charge in [-0.2, -0.15) is 5.26 Å². The van der Waals surface area contributed by atoms with Crippen LogP contribution < -0.4 is 0 Å². The lowest BCUT2D eigenvalue weighted by atomic mass is 9.60. The normalized spacial score (nSPS) is 17.1. The highest BCUT2D eigenvalue weighted by Gasteiger charge is 2.47. The standard InChI is InChI=1S/C28H36F2N2/c1-4-24(32(21(2)3)19-17-22-10-6-5-7-11-22)16-18-28(20-31,23-12-8-13-23)27-25(29)14-9-15-26(27)30/h5-7,9-11,14-15,21,23-24H,4,8,12-13,16-19H2,1-3H3. The van der Waals surface area contributed by atoms with E-state index in [-0.39, 0.29) is 17.5 Å². The number of nitriles is 1. The van der Waals surface area contributed by atoms with Crippen molar-refractivity contribution >= 4 is 0 Å². The molecular weight excluding hydrogens is 402 g/mol. The zero-order valence-electron chi connectivity index (χ0n) is 19.7. The fourth-order valence-corrected chi connectivity index (χ4v) is 5.33. The summed E-state index contributed by atoms with van der Waals surface area (Å²) in [7, 11) is 0. The van der Waals surface area contributed by atoms with E-state index in [4.69, 9.17) is 0 Å². The van der Waals surface area contributed by atoms with E-state index in [1.807, 2.05) is 6.07 Å². The Bertz CT molecular complexity index is 881. The molecule has 0 bridgehead atoms. The highest BCUT2D eigenvalue weighted by Crippen LogP contribution is 2.48. The van der Waals surface area contributed by atoms with Gasteiger partial charge in [-0.1, -0.05) is 49.7 Å². The Morgan fingerprint density at radius 2 is 1.72 bits per heavy atom. The molecule has 0 aliphatic heterocycles. The molecule has 1 aliphatic rings. The second kappa shape index (κ2) is 11.1. The second-order valence-corrected chi connectivity index (χ2v) is 9.48. The summed E-state index contributed by atoms with van der Waals surface area (Å²) in [5.74, 6) is -1.15. The van der Waals surface area contributed by atoms with Gasteiger partial charge in [0, 0.05) is 24.2 Å². The van der Waals surface area contributed by atoms with Crippen LogP contribution in [0.4, 0.5) is 8.78 Å². The molecule has 0 N–H and O–H groups in total. The average molecular weight is 439 g/mol. The topological polar surface area (TPSA) is 27.0 Å². The van der Waals surface area contributed by atoms with Crippen molar-refractivity contribution in [1.29, 1.82) is 5.26 Å². The molecule has 32 heavy (non-hydrogen) atoms. The maximum Gasteiger partial charge on any atom is 0.130 e. The van der Waals surface area contributed by atoms with Crippen LogP contribution in [0.25, 0.3) is 0 Å². The number of hydrogen-bond acceptors (Lipinski definition) is 2. The SMILES string of the molecule is CCC(CCC(C#N)(c1c(F)cccc1F)C1CCC1)N(CCc1ccccc1)C(C)C. The molecule has 0 amide bonds. The fraction of sp³-hybridized carbons (Fsp3) is 0.536. The van der Waals surface area contributed by atoms with E-state index < -0.39 is 17.0 Å². The largest absolute Gasteiger partial charge is 0.298 e. The van der Waals surface area contributed by atoms with Crippen molar-refractivity contribution in [1.82, 2.24) is 4.90 Å². The summed E-state index contributed by atoms with van der Waals surface area (Å²) in [6.07, 6.45) is 5.89. The maximum absolute atomic E-state index is 14.9. The number of nitrogens with zero attached hydrogens (tertiary/aromatic N) is 2. The molecule has 4 heteroatoms. The lowest BCUT2D eigenvalue weighted by Gasteiger charge is -2.43. The minimum absolute atomic E-state index is 0.0116. The lowest BCUT2D eigenvalue weighted by Crippen LogP contribution is -2.44. The maximum atomic E-state index is 14.9. The first kappa shape index (κ1) is 24.4. The summed E-state index contributed by atoms with van der Waals surface area (Å²) in [6, 6.07) is 17.5. The van der Waals surface area contributed by atoms with Crippen molar-refractivity contribution in [2.45, 2.75) is 83.2 Å². The molecule has 0 heterocycles. The molecule has 1 aliphatic carbocycles. The molecule has 2 aromatic rings. The first-order valence-electron chi connectivity index (χ1n) is 12.1. The number of hydrogen-bond donors (Lipinski definition) is 0. The van der Waals surface area contributed by atoms with Gasteiger partial charge in [0.05, 0.1) is 11.5 Å². The molecule has 3 rings (SSSR count). The van der Waals surface area contributed by atoms with Crippen LogP contribution in [-0.2, 0) is 11.8 Å². The predicted octanol–water partition coefficient (Wildman–Crippen LogP) is 7.04. The van der Waals surface area contributed by atoms with Crippen molar-refractivity contribution in [3.05, 3.63) is 71.3 Å². The van der Waals surface area contributed by atoms with E-state index in [9.17, 15) is 14.0 Å². The van der Waals surface area contributed by atoms with Crippen LogP contribution >= 0.6 is 0 Å². The van der Waals surface area contributed by atoms with E-state index >= 15 is 0 Å². The molecular formula is C28H36F2N2. The van der Waals surface area contributed by atoms with Gasteiger partial charge in [0.1, 0.15) is 11.6 Å². The molecule has 0 spiro atoms. The molecule has 0 radical (unpaired) electrons. The van der Waals surface area contributed by atoms with Gasteiger partial charge < -0.3 is 0 Å². The smallest absolute Gasteiger partial charge is 0.130 e. The van der Waals surface area contributed by atoms with Gasteiger partial charge >= 0.3 is 0 Å². The Kier molecular flexibility index (Phi) is 8.43. The van der Waals surface area contributed by atoms with E-state index in [0.29, 0.717) is 12.5 Å². The van der Waals surface area contributed by atoms with Crippen LogP contribution in [0.3, 0.4) is 0 Å². The van der Waals surface area contributed by atoms with Crippen LogP contribution in [0.5, 0.6) is 0 Å². The fourth-order valence-electron chi connectivity index (χ4n) is 5.33. The molecule has 172 valence electrons. The summed E-state index contributed by atoms with van der Waals surface area (Å²) in [5.41, 5.74) is 0.202. The van der Waals surface area contributed by atoms with Crippen molar-refractivity contribution < 1.29 is 8.78 Å². The molecule has 1 saturated carbocycles. The minimum Gasteiger partial charge on any atom is -0.298 e. The van der Waals surface area contributed by atoms with Crippen molar-refractivity contribution in [2.75, 3.05) is 6.54 Å². The Morgan fingerprint density at radius 3 is 2.22 bits per heavy atom. The molecule has 0 saturated heterocycles. The van der Waals surface area contributed by atoms with Gasteiger partial charge in [0.2, 0.25) is 0 Å². The van der Waals surface area contributed by atoms with Crippen LogP contribution in [0.15, 0.2) is 48.5 Å². The van der Waals surface area contributed by atoms with Crippen LogP contribution in [0.1, 0.15) is 70.4 Å². The third-order valence-corrected chi connectivity index (χ3v) is 7.39. The Balaban J connectivity index is 1.82. The molecule has 1 fully saturated rings. The van der Waals surface area contributed by atoms with Crippen molar-refractivity contribution in [2.24, 2.45) is 5.92 Å². The summed E-state index contributed by atoms with van der Waals surface area (Å²) in [4.78, 5) is 2.49. The van der Waals surface area contributed by atoms with Gasteiger partial charge in [-0.25, -0.2) is 8.78 Å². The molecule has 0 aromatic heterocycles. The predicted molar refractivity (Wildman–Crippen MR) is 126 cm³/mol. The third-order valence-electron chi connectivity index (χ3n) is 7.39. The number of benzene rings is 2. The summed E-state index contributed by atoms with van der Waals surface area (Å²) in [5, 5.41) is 10.3. The van der Waals surface area contributed by atoms with Crippen molar-refractivity contribution in [3.8, 4) is 6.07 Å². The summed E-state index contributed by atoms with van der Waals surface area (Å²) in [6.45, 7) is 7.50. The van der Waals surface area contributed by atoms with E-state index in [1.165, 1.54) is 23.8 Å². The highest BCUT2D eigenvalue weighted by atomic mass is 19.1. The third kappa shape index (κ3) is 5.21. The van der Waals surface area contributed by atoms with Crippen LogP contribution in [0, 0.1) is 28.9 Å². The molecule has 2 atom stereocenters. The Morgan fingerprint density at radius 1 is 1.06 bits per heavy atom. The zero-order valence-corrected chi connectivity index (χ0v) is 19.7. The zero-order chi connectivity index (χ0) is 23.1. The first-order chi connectivity index (χ1) is 15.4. The van der Waals surface area contributed by atoms with Gasteiger partial charge in [-0.05, 0) is 76.0 Å². The molecule has 2 unspecified atom stereocenters. The number of halogens is 2. The van der Waals surface area contributed by atoms with Crippen molar-refractivity contribution in [3.63, 3.8) is 0 Å². The highest BCUT2D eigenvalue weighted by molar-refractivity contribution is 5.37. The Hall–Kier alpha value is -2.25. The van der Waals surface area contributed by atoms with E-state index in [2.05, 4.69) is 56.0 Å². The van der Waals surface area contributed by atoms with Gasteiger partial charge in [-0.3, -0.25) is 4.90 Å². The average Bonchev–Trinajstić information content (AvgIpc) is 2.74. The van der Waals surface area contributed by atoms with Gasteiger partial charge in [-0.15, -0.1) is 0 Å². The second-order valence-electron chi connectivity index (χ2n) is 9.48. The lowest BCUT2D eigenvalue weighted by molar-refractivity contribution is 0.120. The van der Waals surface area contributed by atoms with Crippen LogP contribution in [-0.4, -0.2) is 23.5 Å². The monoisotopic (exact) mass is 438 g/mol. The van der Waals surface area contributed by atoms with E-state index in [1.54, 1.807) is 0 Å². The van der Waals surface area contributed by atoms with Gasteiger partial charge in [0.15, 0.2) is 0 Å². The molecule has 2 aromatic carbocycles. The quantitative estimate of drug-likeness (QED) is 0.376. The van der Waals surface area contributed by atoms with Gasteiger partial charge in [0.25, 0.3) is 0 Å². The Labute approximate surface area is 192 Å². The first-order valence-corrected chi connectivity index (χ1v) is 12.1. The minimum atomic E-state index is -1.09.